The van der Waals surface area contributed by atoms with Crippen molar-refractivity contribution in [3.63, 3.8) is 0 Å². The van der Waals surface area contributed by atoms with Crippen molar-refractivity contribution in [2.75, 3.05) is 0 Å². The van der Waals surface area contributed by atoms with Gasteiger partial charge in [0.05, 0.1) is 0 Å². The van der Waals surface area contributed by atoms with Crippen LogP contribution in [0.4, 0.5) is 0 Å². The highest BCUT2D eigenvalue weighted by atomic mass is 16.5. The Hall–Kier alpha value is -5.08. The van der Waals surface area contributed by atoms with E-state index in [0.29, 0.717) is 5.92 Å². The van der Waals surface area contributed by atoms with Crippen LogP contribution in [-0.2, 0) is 29.4 Å². The molecule has 4 aromatic rings. The van der Waals surface area contributed by atoms with E-state index in [1.54, 1.807) is 0 Å². The molecule has 3 aromatic carbocycles. The largest absolute Gasteiger partial charge is 0.479 e. The molecule has 6 aliphatic carbocycles. The molecule has 0 bridgehead atoms. The summed E-state index contributed by atoms with van der Waals surface area (Å²) in [4.78, 5) is 0. The second-order valence-corrected chi connectivity index (χ2v) is 16.4. The fourth-order valence-electron chi connectivity index (χ4n) is 10.7. The Morgan fingerprint density at radius 3 is 2.52 bits per heavy atom. The van der Waals surface area contributed by atoms with Gasteiger partial charge in [-0.05, 0) is 143 Å². The summed E-state index contributed by atoms with van der Waals surface area (Å²) in [6.07, 6.45) is 35.2. The summed E-state index contributed by atoms with van der Waals surface area (Å²) in [5.74, 6) is 3.39. The lowest BCUT2D eigenvalue weighted by Crippen LogP contribution is -2.31. The Labute approximate surface area is 307 Å². The molecule has 2 heteroatoms. The monoisotopic (exact) mass is 676 g/mol. The molecule has 0 saturated carbocycles. The van der Waals surface area contributed by atoms with Crippen molar-refractivity contribution in [3.05, 3.63) is 165 Å². The van der Waals surface area contributed by atoms with E-state index in [2.05, 4.69) is 129 Å². The summed E-state index contributed by atoms with van der Waals surface area (Å²) in [7, 11) is 0. The number of benzene rings is 3. The third-order valence-electron chi connectivity index (χ3n) is 13.2. The molecular weight excluding hydrogens is 633 g/mol. The molecule has 0 N–H and O–H groups in total. The van der Waals surface area contributed by atoms with Crippen molar-refractivity contribution in [1.29, 1.82) is 0 Å². The van der Waals surface area contributed by atoms with E-state index in [1.165, 1.54) is 77.6 Å². The number of fused-ring (bicyclic) bond motifs is 8. The molecule has 52 heavy (non-hydrogen) atoms. The van der Waals surface area contributed by atoms with Crippen LogP contribution in [0.15, 0.2) is 124 Å². The fourth-order valence-corrected chi connectivity index (χ4v) is 10.7. The number of rotatable bonds is 3. The molecule has 0 amide bonds. The predicted octanol–water partition coefficient (Wildman–Crippen LogP) is 12.6. The molecule has 1 aromatic heterocycles. The Kier molecular flexibility index (Phi) is 6.58. The highest BCUT2D eigenvalue weighted by molar-refractivity contribution is 6.04. The van der Waals surface area contributed by atoms with E-state index < -0.39 is 0 Å². The van der Waals surface area contributed by atoms with Crippen molar-refractivity contribution >= 4 is 34.3 Å². The minimum atomic E-state index is -0.314. The highest BCUT2D eigenvalue weighted by Gasteiger charge is 2.48. The summed E-state index contributed by atoms with van der Waals surface area (Å²) >= 11 is 0. The van der Waals surface area contributed by atoms with Crippen molar-refractivity contribution < 1.29 is 9.15 Å². The van der Waals surface area contributed by atoms with Crippen molar-refractivity contribution in [1.82, 2.24) is 0 Å². The maximum atomic E-state index is 6.71. The Morgan fingerprint density at radius 2 is 1.58 bits per heavy atom. The number of hydrogen-bond donors (Lipinski definition) is 0. The van der Waals surface area contributed by atoms with Crippen LogP contribution >= 0.6 is 0 Å². The van der Waals surface area contributed by atoms with Crippen molar-refractivity contribution in [2.45, 2.75) is 82.7 Å². The average Bonchev–Trinajstić information content (AvgIpc) is 3.71. The second-order valence-electron chi connectivity index (χ2n) is 16.4. The van der Waals surface area contributed by atoms with Gasteiger partial charge in [-0.25, -0.2) is 0 Å². The first-order valence-corrected chi connectivity index (χ1v) is 19.5. The third kappa shape index (κ3) is 4.43. The maximum absolute atomic E-state index is 6.71. The van der Waals surface area contributed by atoms with E-state index in [-0.39, 0.29) is 11.0 Å². The molecule has 0 saturated heterocycles. The molecule has 0 spiro atoms. The summed E-state index contributed by atoms with van der Waals surface area (Å²) in [6, 6.07) is 18.6. The van der Waals surface area contributed by atoms with Crippen LogP contribution in [0.25, 0.3) is 45.4 Å². The minimum absolute atomic E-state index is 0.0654. The standard InChI is InChI=1S/C50H44O2/c1-49(27-25-31-12-3-4-13-35(31)30-49)46-38-18-7-5-16-36(38)45(37-17-6-8-19-39(37)46)34-15-11-14-32(28-34)33-21-24-44-42(29-33)40-22-23-41-43-20-9-10-26-50(43,2)52-48(41)47(40)51-44/h4-5,7-11,13-16,18-20,25-29,43H,3,6,12,17,21-24,30H2,1-2H3. The van der Waals surface area contributed by atoms with E-state index in [4.69, 9.17) is 9.15 Å². The Bertz CT molecular complexity index is 2500. The van der Waals surface area contributed by atoms with Gasteiger partial charge < -0.3 is 9.15 Å². The van der Waals surface area contributed by atoms with E-state index in [9.17, 15) is 0 Å². The molecule has 7 aliphatic rings. The number of aryl methyl sites for hydroxylation is 1. The van der Waals surface area contributed by atoms with Gasteiger partial charge in [0.15, 0.2) is 11.5 Å². The van der Waals surface area contributed by atoms with Gasteiger partial charge in [-0.1, -0.05) is 104 Å². The first kappa shape index (κ1) is 30.5. The van der Waals surface area contributed by atoms with Crippen LogP contribution in [0, 0.1) is 5.92 Å². The number of allylic oxidation sites excluding steroid dienone is 10. The Morgan fingerprint density at radius 1 is 0.712 bits per heavy atom. The molecule has 11 rings (SSSR count). The molecule has 2 heterocycles. The van der Waals surface area contributed by atoms with E-state index in [0.717, 1.165) is 75.1 Å². The first-order chi connectivity index (χ1) is 25.5. The molecule has 0 radical (unpaired) electrons. The van der Waals surface area contributed by atoms with Crippen molar-refractivity contribution in [2.24, 2.45) is 5.92 Å². The molecule has 0 fully saturated rings. The molecule has 3 unspecified atom stereocenters. The van der Waals surface area contributed by atoms with Crippen LogP contribution in [-0.4, -0.2) is 5.60 Å². The topological polar surface area (TPSA) is 22.4 Å². The maximum Gasteiger partial charge on any atom is 0.172 e. The normalized spacial score (nSPS) is 26.4. The summed E-state index contributed by atoms with van der Waals surface area (Å²) in [6.45, 7) is 4.68. The summed E-state index contributed by atoms with van der Waals surface area (Å²) < 4.78 is 13.4. The van der Waals surface area contributed by atoms with Gasteiger partial charge in [-0.3, -0.25) is 0 Å². The predicted molar refractivity (Wildman–Crippen MR) is 215 cm³/mol. The smallest absolute Gasteiger partial charge is 0.172 e. The highest BCUT2D eigenvalue weighted by Crippen LogP contribution is 2.54. The first-order valence-electron chi connectivity index (χ1n) is 19.5. The fraction of sp³-hybridized carbons (Fsp3) is 0.280. The minimum Gasteiger partial charge on any atom is -0.479 e. The van der Waals surface area contributed by atoms with Gasteiger partial charge in [0, 0.05) is 28.9 Å². The second kappa shape index (κ2) is 11.2. The summed E-state index contributed by atoms with van der Waals surface area (Å²) in [5.41, 5.74) is 16.6. The zero-order chi connectivity index (χ0) is 34.6. The van der Waals surface area contributed by atoms with Crippen LogP contribution in [0.5, 0.6) is 0 Å². The van der Waals surface area contributed by atoms with Gasteiger partial charge in [0.1, 0.15) is 11.4 Å². The Balaban J connectivity index is 1.01. The molecular formula is C50H44O2. The summed E-state index contributed by atoms with van der Waals surface area (Å²) in [5, 5.41) is 2.76. The van der Waals surface area contributed by atoms with Gasteiger partial charge in [-0.2, -0.15) is 0 Å². The van der Waals surface area contributed by atoms with Crippen LogP contribution in [0.3, 0.4) is 0 Å². The van der Waals surface area contributed by atoms with Crippen LogP contribution < -0.4 is 0 Å². The van der Waals surface area contributed by atoms with E-state index >= 15 is 0 Å². The van der Waals surface area contributed by atoms with Crippen LogP contribution in [0.2, 0.25) is 0 Å². The molecule has 256 valence electrons. The SMILES string of the molecule is CC1(c2c3c(c(-c4cccc(C5=Cc6c(oc7c6CCC6=C7OC7(C)C=CC=CC67)CC5)c4)c4ccccc24)CCC=C3)C=CC2=C(C=CCC2)C1. The molecule has 2 nitrogen and oxygen atoms in total. The van der Waals surface area contributed by atoms with E-state index in [1.807, 2.05) is 0 Å². The average molecular weight is 677 g/mol. The van der Waals surface area contributed by atoms with Crippen molar-refractivity contribution in [3.8, 4) is 11.1 Å². The number of hydrogen-bond acceptors (Lipinski definition) is 2. The zero-order valence-electron chi connectivity index (χ0n) is 30.2. The lowest BCUT2D eigenvalue weighted by Gasteiger charge is -2.37. The van der Waals surface area contributed by atoms with Gasteiger partial charge in [0.2, 0.25) is 0 Å². The lowest BCUT2D eigenvalue weighted by molar-refractivity contribution is 0.100. The van der Waals surface area contributed by atoms with Gasteiger partial charge >= 0.3 is 0 Å². The number of furan rings is 1. The third-order valence-corrected chi connectivity index (χ3v) is 13.2. The van der Waals surface area contributed by atoms with Gasteiger partial charge in [-0.15, -0.1) is 0 Å². The quantitative estimate of drug-likeness (QED) is 0.215. The zero-order valence-corrected chi connectivity index (χ0v) is 30.2. The molecule has 3 atom stereocenters. The molecule has 1 aliphatic heterocycles. The van der Waals surface area contributed by atoms with Crippen LogP contribution in [0.1, 0.15) is 97.3 Å². The van der Waals surface area contributed by atoms with Gasteiger partial charge in [0.25, 0.3) is 0 Å². The lowest BCUT2D eigenvalue weighted by atomic mass is 9.67. The number of ether oxygens (including phenoxy) is 1.